The Bertz CT molecular complexity index is 1270. The van der Waals surface area contributed by atoms with Crippen molar-refractivity contribution in [2.24, 2.45) is 0 Å². The Morgan fingerprint density at radius 3 is 2.29 bits per heavy atom. The molecule has 4 aromatic rings. The lowest BCUT2D eigenvalue weighted by Crippen LogP contribution is -1.96. The van der Waals surface area contributed by atoms with E-state index in [9.17, 15) is 5.26 Å². The lowest BCUT2D eigenvalue weighted by Gasteiger charge is -2.13. The molecule has 0 unspecified atom stereocenters. The van der Waals surface area contributed by atoms with Gasteiger partial charge in [0.1, 0.15) is 11.1 Å². The number of aromatic nitrogens is 1. The molecule has 1 heterocycles. The van der Waals surface area contributed by atoms with Crippen molar-refractivity contribution in [2.45, 2.75) is 10.8 Å². The fourth-order valence-corrected chi connectivity index (χ4v) is 4.71. The Morgan fingerprint density at radius 1 is 0.903 bits per heavy atom. The lowest BCUT2D eigenvalue weighted by atomic mass is 9.99. The first kappa shape index (κ1) is 21.9. The number of hydrogen-bond acceptors (Lipinski definition) is 3. The Balaban J connectivity index is 1.83. The largest absolute Gasteiger partial charge is 0.240 e. The van der Waals surface area contributed by atoms with Gasteiger partial charge < -0.3 is 0 Å². The molecule has 0 bridgehead atoms. The monoisotopic (exact) mass is 524 g/mol. The number of nitriles is 1. The zero-order chi connectivity index (χ0) is 21.8. The first-order chi connectivity index (χ1) is 15.0. The fraction of sp³-hybridized carbons (Fsp3) is 0.0400. The first-order valence-electron chi connectivity index (χ1n) is 9.38. The van der Waals surface area contributed by atoms with Crippen LogP contribution in [0, 0.1) is 11.3 Å². The molecular weight excluding hydrogens is 511 g/mol. The summed E-state index contributed by atoms with van der Waals surface area (Å²) < 4.78 is 1.03. The second kappa shape index (κ2) is 9.89. The van der Waals surface area contributed by atoms with E-state index >= 15 is 0 Å². The molecule has 4 rings (SSSR count). The maximum atomic E-state index is 10.0. The summed E-state index contributed by atoms with van der Waals surface area (Å²) in [5.41, 5.74) is 4.94. The summed E-state index contributed by atoms with van der Waals surface area (Å²) in [6.45, 7) is 0. The molecule has 3 aromatic carbocycles. The van der Waals surface area contributed by atoms with E-state index in [0.717, 1.165) is 32.4 Å². The van der Waals surface area contributed by atoms with Gasteiger partial charge in [0.2, 0.25) is 0 Å². The molecule has 152 valence electrons. The van der Waals surface area contributed by atoms with Crippen molar-refractivity contribution in [3.8, 4) is 28.5 Å². The van der Waals surface area contributed by atoms with Crippen molar-refractivity contribution < 1.29 is 0 Å². The third-order valence-electron chi connectivity index (χ3n) is 4.69. The topological polar surface area (TPSA) is 36.7 Å². The van der Waals surface area contributed by atoms with Crippen molar-refractivity contribution in [1.29, 1.82) is 5.26 Å². The van der Waals surface area contributed by atoms with E-state index in [1.807, 2.05) is 66.7 Å². The molecule has 0 aliphatic rings. The van der Waals surface area contributed by atoms with Crippen LogP contribution in [-0.2, 0) is 5.75 Å². The van der Waals surface area contributed by atoms with Gasteiger partial charge in [0.15, 0.2) is 0 Å². The van der Waals surface area contributed by atoms with Crippen molar-refractivity contribution >= 4 is 50.9 Å². The highest BCUT2D eigenvalue weighted by atomic mass is 79.9. The van der Waals surface area contributed by atoms with E-state index in [0.29, 0.717) is 26.4 Å². The van der Waals surface area contributed by atoms with E-state index in [-0.39, 0.29) is 0 Å². The SMILES string of the molecule is N#Cc1c(-c2ccccc2Cl)cc(-c2ccc(Cl)cc2)nc1SCc1ccc(Br)cc1. The van der Waals surface area contributed by atoms with Gasteiger partial charge in [-0.05, 0) is 42.0 Å². The summed E-state index contributed by atoms with van der Waals surface area (Å²) in [6.07, 6.45) is 0. The molecule has 0 amide bonds. The van der Waals surface area contributed by atoms with E-state index in [1.165, 1.54) is 11.8 Å². The predicted molar refractivity (Wildman–Crippen MR) is 134 cm³/mol. The standard InChI is InChI=1S/C25H15BrCl2N2S/c26-18-9-5-16(6-10-18)15-31-25-22(14-29)21(20-3-1-2-4-23(20)28)13-24(30-25)17-7-11-19(27)12-8-17/h1-13H,15H2. The molecule has 0 spiro atoms. The van der Waals surface area contributed by atoms with Gasteiger partial charge in [-0.25, -0.2) is 4.98 Å². The maximum Gasteiger partial charge on any atom is 0.115 e. The minimum atomic E-state index is 0.521. The summed E-state index contributed by atoms with van der Waals surface area (Å²) in [6, 6.07) is 27.5. The Morgan fingerprint density at radius 2 is 1.61 bits per heavy atom. The lowest BCUT2D eigenvalue weighted by molar-refractivity contribution is 1.12. The quantitative estimate of drug-likeness (QED) is 0.244. The Hall–Kier alpha value is -2.29. The third kappa shape index (κ3) is 5.14. The van der Waals surface area contributed by atoms with Crippen LogP contribution in [0.5, 0.6) is 0 Å². The average Bonchev–Trinajstić information content (AvgIpc) is 2.79. The molecule has 31 heavy (non-hydrogen) atoms. The van der Waals surface area contributed by atoms with E-state index in [4.69, 9.17) is 28.2 Å². The Labute approximate surface area is 204 Å². The van der Waals surface area contributed by atoms with Gasteiger partial charge in [0, 0.05) is 37.0 Å². The third-order valence-corrected chi connectivity index (χ3v) is 6.85. The van der Waals surface area contributed by atoms with Gasteiger partial charge in [-0.3, -0.25) is 0 Å². The molecule has 0 aliphatic carbocycles. The van der Waals surface area contributed by atoms with Crippen molar-refractivity contribution in [1.82, 2.24) is 4.98 Å². The van der Waals surface area contributed by atoms with Gasteiger partial charge in [-0.15, -0.1) is 11.8 Å². The van der Waals surface area contributed by atoms with Crippen LogP contribution in [-0.4, -0.2) is 4.98 Å². The van der Waals surface area contributed by atoms with Crippen LogP contribution in [0.3, 0.4) is 0 Å². The molecule has 0 fully saturated rings. The van der Waals surface area contributed by atoms with Gasteiger partial charge in [-0.2, -0.15) is 5.26 Å². The fourth-order valence-electron chi connectivity index (χ4n) is 3.13. The van der Waals surface area contributed by atoms with Crippen LogP contribution < -0.4 is 0 Å². The van der Waals surface area contributed by atoms with Gasteiger partial charge in [0.25, 0.3) is 0 Å². The zero-order valence-electron chi connectivity index (χ0n) is 16.1. The maximum absolute atomic E-state index is 10.0. The molecule has 0 atom stereocenters. The van der Waals surface area contributed by atoms with E-state index in [2.05, 4.69) is 34.1 Å². The van der Waals surface area contributed by atoms with Gasteiger partial charge in [0.05, 0.1) is 11.3 Å². The highest BCUT2D eigenvalue weighted by Crippen LogP contribution is 2.38. The van der Waals surface area contributed by atoms with Crippen LogP contribution in [0.2, 0.25) is 10.0 Å². The van der Waals surface area contributed by atoms with Crippen LogP contribution in [0.25, 0.3) is 22.4 Å². The summed E-state index contributed by atoms with van der Waals surface area (Å²) in [5.74, 6) is 0.695. The summed E-state index contributed by atoms with van der Waals surface area (Å²) in [5, 5.41) is 11.9. The van der Waals surface area contributed by atoms with E-state index < -0.39 is 0 Å². The van der Waals surface area contributed by atoms with Crippen molar-refractivity contribution in [3.63, 3.8) is 0 Å². The number of halogens is 3. The number of nitrogens with zero attached hydrogens (tertiary/aromatic N) is 2. The van der Waals surface area contributed by atoms with E-state index in [1.54, 1.807) is 0 Å². The number of thioether (sulfide) groups is 1. The second-order valence-electron chi connectivity index (χ2n) is 6.75. The molecule has 0 aliphatic heterocycles. The van der Waals surface area contributed by atoms with Gasteiger partial charge >= 0.3 is 0 Å². The minimum absolute atomic E-state index is 0.521. The second-order valence-corrected chi connectivity index (χ2v) is 9.47. The van der Waals surface area contributed by atoms with Crippen molar-refractivity contribution in [2.75, 3.05) is 0 Å². The van der Waals surface area contributed by atoms with Crippen LogP contribution in [0.1, 0.15) is 11.1 Å². The number of pyridine rings is 1. The zero-order valence-corrected chi connectivity index (χ0v) is 20.1. The summed E-state index contributed by atoms with van der Waals surface area (Å²) in [4.78, 5) is 4.84. The predicted octanol–water partition coefficient (Wildman–Crippen LogP) is 8.65. The van der Waals surface area contributed by atoms with Crippen LogP contribution in [0.4, 0.5) is 0 Å². The molecule has 0 saturated carbocycles. The normalized spacial score (nSPS) is 10.6. The molecule has 0 saturated heterocycles. The molecular formula is C25H15BrCl2N2S. The highest BCUT2D eigenvalue weighted by molar-refractivity contribution is 9.10. The van der Waals surface area contributed by atoms with Crippen LogP contribution in [0.15, 0.2) is 88.4 Å². The van der Waals surface area contributed by atoms with Crippen molar-refractivity contribution in [3.05, 3.63) is 105 Å². The minimum Gasteiger partial charge on any atom is -0.240 e. The molecule has 0 radical (unpaired) electrons. The Kier molecular flexibility index (Phi) is 6.99. The number of benzene rings is 3. The summed E-state index contributed by atoms with van der Waals surface area (Å²) in [7, 11) is 0. The number of rotatable bonds is 5. The van der Waals surface area contributed by atoms with Crippen LogP contribution >= 0.6 is 50.9 Å². The first-order valence-corrected chi connectivity index (χ1v) is 11.9. The molecule has 6 heteroatoms. The smallest absolute Gasteiger partial charge is 0.115 e. The molecule has 0 N–H and O–H groups in total. The molecule has 1 aromatic heterocycles. The average molecular weight is 526 g/mol. The molecule has 2 nitrogen and oxygen atoms in total. The highest BCUT2D eigenvalue weighted by Gasteiger charge is 2.17. The van der Waals surface area contributed by atoms with Gasteiger partial charge in [-0.1, -0.05) is 81.6 Å². The number of hydrogen-bond donors (Lipinski definition) is 0. The summed E-state index contributed by atoms with van der Waals surface area (Å²) >= 11 is 17.6.